The van der Waals surface area contributed by atoms with E-state index in [2.05, 4.69) is 4.72 Å². The Morgan fingerprint density at radius 1 is 1.05 bits per heavy atom. The van der Waals surface area contributed by atoms with Crippen molar-refractivity contribution in [3.05, 3.63) is 64.6 Å². The van der Waals surface area contributed by atoms with Gasteiger partial charge in [0.1, 0.15) is 5.75 Å². The van der Waals surface area contributed by atoms with Gasteiger partial charge in [0.2, 0.25) is 0 Å². The van der Waals surface area contributed by atoms with Gasteiger partial charge in [0, 0.05) is 6.07 Å². The molecule has 0 atom stereocenters. The van der Waals surface area contributed by atoms with Crippen LogP contribution >= 0.6 is 0 Å². The van der Waals surface area contributed by atoms with Gasteiger partial charge in [-0.15, -0.1) is 0 Å². The van der Waals surface area contributed by atoms with Gasteiger partial charge in [0.15, 0.2) is 0 Å². The Morgan fingerprint density at radius 3 is 2.33 bits per heavy atom. The first-order valence-corrected chi connectivity index (χ1v) is 7.97. The summed E-state index contributed by atoms with van der Waals surface area (Å²) in [4.78, 5) is 0. The molecule has 4 nitrogen and oxygen atoms in total. The minimum atomic E-state index is -3.61. The van der Waals surface area contributed by atoms with Crippen molar-refractivity contribution in [2.45, 2.75) is 13.8 Å². The standard InChI is InChI=1S/C16H17NO3S/c1-12-3-6-14(7-4-12)9-10-21(19,20)17-15-8-5-13(2)16(18)11-15/h3-11,17-18H,1-2H3/b10-9+. The summed E-state index contributed by atoms with van der Waals surface area (Å²) in [5.41, 5.74) is 2.93. The first kappa shape index (κ1) is 15.1. The molecule has 0 radical (unpaired) electrons. The molecule has 0 fully saturated rings. The summed E-state index contributed by atoms with van der Waals surface area (Å²) >= 11 is 0. The van der Waals surface area contributed by atoms with Crippen LogP contribution < -0.4 is 4.72 Å². The molecule has 5 heteroatoms. The fraction of sp³-hybridized carbons (Fsp3) is 0.125. The van der Waals surface area contributed by atoms with Gasteiger partial charge >= 0.3 is 0 Å². The van der Waals surface area contributed by atoms with E-state index in [1.54, 1.807) is 19.1 Å². The molecule has 0 aromatic heterocycles. The topological polar surface area (TPSA) is 66.4 Å². The number of sulfonamides is 1. The third kappa shape index (κ3) is 4.36. The average molecular weight is 303 g/mol. The van der Waals surface area contributed by atoms with E-state index >= 15 is 0 Å². The molecule has 0 saturated heterocycles. The number of phenolic OH excluding ortho intramolecular Hbond substituents is 1. The van der Waals surface area contributed by atoms with Crippen molar-refractivity contribution >= 4 is 21.8 Å². The summed E-state index contributed by atoms with van der Waals surface area (Å²) < 4.78 is 26.3. The number of anilines is 1. The van der Waals surface area contributed by atoms with Crippen LogP contribution in [0.25, 0.3) is 6.08 Å². The molecule has 0 bridgehead atoms. The van der Waals surface area contributed by atoms with Crippen molar-refractivity contribution in [3.63, 3.8) is 0 Å². The van der Waals surface area contributed by atoms with E-state index < -0.39 is 10.0 Å². The lowest BCUT2D eigenvalue weighted by atomic mass is 10.2. The van der Waals surface area contributed by atoms with Crippen molar-refractivity contribution in [1.29, 1.82) is 0 Å². The second kappa shape index (κ2) is 6.01. The third-order valence-electron chi connectivity index (χ3n) is 2.99. The predicted octanol–water partition coefficient (Wildman–Crippen LogP) is 3.42. The highest BCUT2D eigenvalue weighted by Crippen LogP contribution is 2.21. The van der Waals surface area contributed by atoms with Crippen molar-refractivity contribution < 1.29 is 13.5 Å². The van der Waals surface area contributed by atoms with Crippen LogP contribution in [0.5, 0.6) is 5.75 Å². The summed E-state index contributed by atoms with van der Waals surface area (Å²) in [6.07, 6.45) is 1.52. The van der Waals surface area contributed by atoms with Crippen molar-refractivity contribution in [3.8, 4) is 5.75 Å². The lowest BCUT2D eigenvalue weighted by Crippen LogP contribution is -2.08. The molecule has 2 aromatic carbocycles. The molecule has 2 rings (SSSR count). The number of benzene rings is 2. The number of aryl methyl sites for hydroxylation is 2. The van der Waals surface area contributed by atoms with Crippen LogP contribution in [-0.2, 0) is 10.0 Å². The fourth-order valence-corrected chi connectivity index (χ4v) is 2.58. The molecule has 0 saturated carbocycles. The highest BCUT2D eigenvalue weighted by Gasteiger charge is 2.07. The molecule has 21 heavy (non-hydrogen) atoms. The van der Waals surface area contributed by atoms with Crippen LogP contribution in [0.2, 0.25) is 0 Å². The maximum atomic E-state index is 12.0. The lowest BCUT2D eigenvalue weighted by molar-refractivity contribution is 0.471. The van der Waals surface area contributed by atoms with E-state index in [0.717, 1.165) is 16.5 Å². The van der Waals surface area contributed by atoms with Crippen LogP contribution in [0.4, 0.5) is 5.69 Å². The summed E-state index contributed by atoms with van der Waals surface area (Å²) in [5.74, 6) is 0.0534. The van der Waals surface area contributed by atoms with E-state index in [0.29, 0.717) is 11.3 Å². The maximum absolute atomic E-state index is 12.0. The number of phenols is 1. The molecule has 0 unspecified atom stereocenters. The van der Waals surface area contributed by atoms with Crippen molar-refractivity contribution in [2.75, 3.05) is 4.72 Å². The largest absolute Gasteiger partial charge is 0.508 e. The molecule has 0 spiro atoms. The third-order valence-corrected chi connectivity index (χ3v) is 4.00. The van der Waals surface area contributed by atoms with Crippen LogP contribution in [0, 0.1) is 13.8 Å². The quantitative estimate of drug-likeness (QED) is 0.909. The van der Waals surface area contributed by atoms with Gasteiger partial charge in [-0.2, -0.15) is 0 Å². The van der Waals surface area contributed by atoms with Gasteiger partial charge in [-0.25, -0.2) is 8.42 Å². The number of hydrogen-bond donors (Lipinski definition) is 2. The smallest absolute Gasteiger partial charge is 0.255 e. The molecule has 0 amide bonds. The van der Waals surface area contributed by atoms with Crippen LogP contribution in [0.3, 0.4) is 0 Å². The van der Waals surface area contributed by atoms with Crippen LogP contribution in [0.15, 0.2) is 47.9 Å². The zero-order valence-electron chi connectivity index (χ0n) is 11.9. The van der Waals surface area contributed by atoms with E-state index in [1.165, 1.54) is 12.1 Å². The van der Waals surface area contributed by atoms with Gasteiger partial charge in [-0.1, -0.05) is 35.9 Å². The zero-order chi connectivity index (χ0) is 15.5. The van der Waals surface area contributed by atoms with Gasteiger partial charge < -0.3 is 5.11 Å². The zero-order valence-corrected chi connectivity index (χ0v) is 12.7. The second-order valence-corrected chi connectivity index (χ2v) is 6.43. The molecule has 2 N–H and O–H groups in total. The number of hydrogen-bond acceptors (Lipinski definition) is 3. The Morgan fingerprint density at radius 2 is 1.71 bits per heavy atom. The molecule has 0 aliphatic heterocycles. The van der Waals surface area contributed by atoms with Crippen molar-refractivity contribution in [2.24, 2.45) is 0 Å². The van der Waals surface area contributed by atoms with Crippen LogP contribution in [0.1, 0.15) is 16.7 Å². The first-order chi connectivity index (χ1) is 9.85. The van der Waals surface area contributed by atoms with E-state index in [9.17, 15) is 13.5 Å². The summed E-state index contributed by atoms with van der Waals surface area (Å²) in [7, 11) is -3.61. The van der Waals surface area contributed by atoms with Gasteiger partial charge in [0.05, 0.1) is 11.1 Å². The first-order valence-electron chi connectivity index (χ1n) is 6.43. The normalized spacial score (nSPS) is 11.7. The Hall–Kier alpha value is -2.27. The Labute approximate surface area is 124 Å². The summed E-state index contributed by atoms with van der Waals surface area (Å²) in [6, 6.07) is 12.2. The highest BCUT2D eigenvalue weighted by molar-refractivity contribution is 7.95. The number of nitrogens with one attached hydrogen (secondary N) is 1. The van der Waals surface area contributed by atoms with E-state index in [4.69, 9.17) is 0 Å². The Kier molecular flexibility index (Phi) is 4.33. The van der Waals surface area contributed by atoms with Gasteiger partial charge in [-0.3, -0.25) is 4.72 Å². The maximum Gasteiger partial charge on any atom is 0.255 e. The van der Waals surface area contributed by atoms with Gasteiger partial charge in [-0.05, 0) is 37.1 Å². The summed E-state index contributed by atoms with van der Waals surface area (Å²) in [6.45, 7) is 3.71. The van der Waals surface area contributed by atoms with E-state index in [-0.39, 0.29) is 5.75 Å². The van der Waals surface area contributed by atoms with Crippen molar-refractivity contribution in [1.82, 2.24) is 0 Å². The molecule has 0 aliphatic rings. The van der Waals surface area contributed by atoms with E-state index in [1.807, 2.05) is 31.2 Å². The van der Waals surface area contributed by atoms with Crippen LogP contribution in [-0.4, -0.2) is 13.5 Å². The molecular weight excluding hydrogens is 286 g/mol. The minimum absolute atomic E-state index is 0.0534. The monoisotopic (exact) mass is 303 g/mol. The Balaban J connectivity index is 2.14. The van der Waals surface area contributed by atoms with Gasteiger partial charge in [0.25, 0.3) is 10.0 Å². The average Bonchev–Trinajstić information content (AvgIpc) is 2.42. The predicted molar refractivity (Wildman–Crippen MR) is 85.6 cm³/mol. The number of aromatic hydroxyl groups is 1. The fourth-order valence-electron chi connectivity index (χ4n) is 1.72. The highest BCUT2D eigenvalue weighted by atomic mass is 32.2. The molecule has 2 aromatic rings. The summed E-state index contributed by atoms with van der Waals surface area (Å²) in [5, 5.41) is 10.7. The second-order valence-electron chi connectivity index (χ2n) is 4.86. The Bertz CT molecular complexity index is 763. The molecule has 0 aliphatic carbocycles. The SMILES string of the molecule is Cc1ccc(/C=C/S(=O)(=O)Nc2ccc(C)c(O)c2)cc1. The number of rotatable bonds is 4. The lowest BCUT2D eigenvalue weighted by Gasteiger charge is -2.06. The molecular formula is C16H17NO3S. The molecule has 110 valence electrons. The molecule has 0 heterocycles. The minimum Gasteiger partial charge on any atom is -0.508 e.